The van der Waals surface area contributed by atoms with Gasteiger partial charge in [-0.15, -0.1) is 11.6 Å². The molecule has 0 aromatic carbocycles. The first-order valence-corrected chi connectivity index (χ1v) is 5.31. The molecule has 1 aromatic rings. The maximum atomic E-state index is 5.75. The third-order valence-corrected chi connectivity index (χ3v) is 2.21. The summed E-state index contributed by atoms with van der Waals surface area (Å²) in [6.45, 7) is 6.96. The molecule has 0 spiro atoms. The Kier molecular flexibility index (Phi) is 4.21. The van der Waals surface area contributed by atoms with Gasteiger partial charge in [-0.25, -0.2) is 0 Å². The standard InChI is InChI=1S/C11H16ClNO/c1-8(2)7-14-11-4-5-13-10(6-12)9(11)3/h4-5,8H,6-7H2,1-3H3. The van der Waals surface area contributed by atoms with Crippen LogP contribution in [-0.2, 0) is 5.88 Å². The average molecular weight is 214 g/mol. The molecule has 0 unspecified atom stereocenters. The second kappa shape index (κ2) is 5.20. The van der Waals surface area contributed by atoms with Crippen LogP contribution < -0.4 is 4.74 Å². The minimum atomic E-state index is 0.435. The van der Waals surface area contributed by atoms with Crippen molar-refractivity contribution in [3.05, 3.63) is 23.5 Å². The highest BCUT2D eigenvalue weighted by molar-refractivity contribution is 6.17. The lowest BCUT2D eigenvalue weighted by Crippen LogP contribution is -2.06. The van der Waals surface area contributed by atoms with E-state index in [4.69, 9.17) is 16.3 Å². The minimum absolute atomic E-state index is 0.435. The highest BCUT2D eigenvalue weighted by Crippen LogP contribution is 2.20. The van der Waals surface area contributed by atoms with Gasteiger partial charge >= 0.3 is 0 Å². The Balaban J connectivity index is 2.76. The van der Waals surface area contributed by atoms with Crippen LogP contribution in [0.3, 0.4) is 0 Å². The van der Waals surface area contributed by atoms with Crippen molar-refractivity contribution in [1.82, 2.24) is 4.98 Å². The van der Waals surface area contributed by atoms with Gasteiger partial charge in [0.1, 0.15) is 5.75 Å². The Morgan fingerprint density at radius 1 is 1.50 bits per heavy atom. The first kappa shape index (κ1) is 11.3. The van der Waals surface area contributed by atoms with Crippen LogP contribution in [0.15, 0.2) is 12.3 Å². The zero-order valence-electron chi connectivity index (χ0n) is 8.88. The van der Waals surface area contributed by atoms with Crippen LogP contribution in [0.2, 0.25) is 0 Å². The Morgan fingerprint density at radius 3 is 2.79 bits per heavy atom. The molecular weight excluding hydrogens is 198 g/mol. The molecule has 0 saturated carbocycles. The van der Waals surface area contributed by atoms with Gasteiger partial charge in [-0.2, -0.15) is 0 Å². The van der Waals surface area contributed by atoms with E-state index >= 15 is 0 Å². The van der Waals surface area contributed by atoms with E-state index in [-0.39, 0.29) is 0 Å². The van der Waals surface area contributed by atoms with Gasteiger partial charge in [-0.1, -0.05) is 13.8 Å². The normalized spacial score (nSPS) is 10.6. The Labute approximate surface area is 90.3 Å². The van der Waals surface area contributed by atoms with E-state index in [1.54, 1.807) is 6.20 Å². The summed E-state index contributed by atoms with van der Waals surface area (Å²) in [5.41, 5.74) is 1.94. The van der Waals surface area contributed by atoms with E-state index in [9.17, 15) is 0 Å². The molecule has 0 amide bonds. The van der Waals surface area contributed by atoms with Crippen LogP contribution in [0, 0.1) is 12.8 Å². The van der Waals surface area contributed by atoms with E-state index in [1.165, 1.54) is 0 Å². The third-order valence-electron chi connectivity index (χ3n) is 1.96. The van der Waals surface area contributed by atoms with Crippen molar-refractivity contribution in [3.63, 3.8) is 0 Å². The van der Waals surface area contributed by atoms with Crippen molar-refractivity contribution in [3.8, 4) is 5.75 Å². The largest absolute Gasteiger partial charge is 0.493 e. The lowest BCUT2D eigenvalue weighted by molar-refractivity contribution is 0.269. The van der Waals surface area contributed by atoms with Gasteiger partial charge in [0.25, 0.3) is 0 Å². The molecule has 0 bridgehead atoms. The van der Waals surface area contributed by atoms with Crippen molar-refractivity contribution in [2.75, 3.05) is 6.61 Å². The number of rotatable bonds is 4. The van der Waals surface area contributed by atoms with Gasteiger partial charge in [0, 0.05) is 11.8 Å². The molecule has 0 aliphatic rings. The molecule has 0 N–H and O–H groups in total. The van der Waals surface area contributed by atoms with Crippen LogP contribution in [0.1, 0.15) is 25.1 Å². The van der Waals surface area contributed by atoms with Gasteiger partial charge in [0.15, 0.2) is 0 Å². The maximum absolute atomic E-state index is 5.75. The van der Waals surface area contributed by atoms with Crippen LogP contribution >= 0.6 is 11.6 Å². The number of halogens is 1. The summed E-state index contributed by atoms with van der Waals surface area (Å²) in [5.74, 6) is 1.86. The quantitative estimate of drug-likeness (QED) is 0.717. The fourth-order valence-electron chi connectivity index (χ4n) is 1.11. The van der Waals surface area contributed by atoms with E-state index in [2.05, 4.69) is 18.8 Å². The number of hydrogen-bond acceptors (Lipinski definition) is 2. The second-order valence-corrected chi connectivity index (χ2v) is 3.99. The smallest absolute Gasteiger partial charge is 0.125 e. The SMILES string of the molecule is Cc1c(OCC(C)C)ccnc1CCl. The summed E-state index contributed by atoms with van der Waals surface area (Å²) in [5, 5.41) is 0. The maximum Gasteiger partial charge on any atom is 0.125 e. The molecule has 0 radical (unpaired) electrons. The minimum Gasteiger partial charge on any atom is -0.493 e. The van der Waals surface area contributed by atoms with Crippen LogP contribution in [0.5, 0.6) is 5.75 Å². The van der Waals surface area contributed by atoms with Crippen LogP contribution in [0.25, 0.3) is 0 Å². The molecule has 1 heterocycles. The van der Waals surface area contributed by atoms with Crippen molar-refractivity contribution in [2.24, 2.45) is 5.92 Å². The molecule has 2 nitrogen and oxygen atoms in total. The van der Waals surface area contributed by atoms with Gasteiger partial charge in [0.05, 0.1) is 18.2 Å². The number of hydrogen-bond donors (Lipinski definition) is 0. The van der Waals surface area contributed by atoms with Gasteiger partial charge < -0.3 is 4.74 Å². The zero-order chi connectivity index (χ0) is 10.6. The summed E-state index contributed by atoms with van der Waals surface area (Å²) in [6, 6.07) is 1.88. The lowest BCUT2D eigenvalue weighted by Gasteiger charge is -2.12. The summed E-state index contributed by atoms with van der Waals surface area (Å²) in [4.78, 5) is 4.17. The number of alkyl halides is 1. The number of aromatic nitrogens is 1. The molecule has 0 fully saturated rings. The molecule has 1 rings (SSSR count). The van der Waals surface area contributed by atoms with Crippen LogP contribution in [-0.4, -0.2) is 11.6 Å². The Bertz CT molecular complexity index is 299. The molecule has 1 aromatic heterocycles. The Morgan fingerprint density at radius 2 is 2.21 bits per heavy atom. The first-order valence-electron chi connectivity index (χ1n) is 4.78. The summed E-state index contributed by atoms with van der Waals surface area (Å²) in [6.07, 6.45) is 1.74. The highest BCUT2D eigenvalue weighted by Gasteiger charge is 2.05. The molecule has 0 atom stereocenters. The van der Waals surface area contributed by atoms with E-state index < -0.39 is 0 Å². The van der Waals surface area contributed by atoms with E-state index in [0.29, 0.717) is 11.8 Å². The topological polar surface area (TPSA) is 22.1 Å². The fourth-order valence-corrected chi connectivity index (χ4v) is 1.38. The van der Waals surface area contributed by atoms with Crippen molar-refractivity contribution >= 4 is 11.6 Å². The molecule has 3 heteroatoms. The monoisotopic (exact) mass is 213 g/mol. The predicted octanol–water partition coefficient (Wildman–Crippen LogP) is 3.16. The number of ether oxygens (including phenoxy) is 1. The van der Waals surface area contributed by atoms with Crippen LogP contribution in [0.4, 0.5) is 0 Å². The highest BCUT2D eigenvalue weighted by atomic mass is 35.5. The number of nitrogens with zero attached hydrogens (tertiary/aromatic N) is 1. The molecule has 78 valence electrons. The molecule has 0 saturated heterocycles. The summed E-state index contributed by atoms with van der Waals surface area (Å²) >= 11 is 5.75. The summed E-state index contributed by atoms with van der Waals surface area (Å²) < 4.78 is 5.64. The second-order valence-electron chi connectivity index (χ2n) is 3.72. The molecule has 0 aliphatic heterocycles. The molecule has 14 heavy (non-hydrogen) atoms. The lowest BCUT2D eigenvalue weighted by atomic mass is 10.2. The third kappa shape index (κ3) is 2.88. The van der Waals surface area contributed by atoms with Gasteiger partial charge in [-0.05, 0) is 18.9 Å². The first-order chi connectivity index (χ1) is 6.65. The average Bonchev–Trinajstić information content (AvgIpc) is 2.16. The van der Waals surface area contributed by atoms with Crippen molar-refractivity contribution in [2.45, 2.75) is 26.7 Å². The zero-order valence-corrected chi connectivity index (χ0v) is 9.64. The van der Waals surface area contributed by atoms with E-state index in [0.717, 1.165) is 23.6 Å². The van der Waals surface area contributed by atoms with E-state index in [1.807, 2.05) is 13.0 Å². The molecular formula is C11H16ClNO. The van der Waals surface area contributed by atoms with Gasteiger partial charge in [-0.3, -0.25) is 4.98 Å². The number of pyridine rings is 1. The predicted molar refractivity (Wildman–Crippen MR) is 58.9 cm³/mol. The van der Waals surface area contributed by atoms with Crippen molar-refractivity contribution in [1.29, 1.82) is 0 Å². The van der Waals surface area contributed by atoms with Gasteiger partial charge in [0.2, 0.25) is 0 Å². The Hall–Kier alpha value is -0.760. The molecule has 0 aliphatic carbocycles. The fraction of sp³-hybridized carbons (Fsp3) is 0.545. The summed E-state index contributed by atoms with van der Waals surface area (Å²) in [7, 11) is 0. The van der Waals surface area contributed by atoms with Crippen molar-refractivity contribution < 1.29 is 4.74 Å².